The number of hydrogen-bond acceptors (Lipinski definition) is 4. The lowest BCUT2D eigenvalue weighted by Gasteiger charge is -2.32. The zero-order chi connectivity index (χ0) is 14.1. The molecule has 112 valence electrons. The van der Waals surface area contributed by atoms with Crippen LogP contribution in [-0.4, -0.2) is 75.2 Å². The zero-order valence-electron chi connectivity index (χ0n) is 12.7. The van der Waals surface area contributed by atoms with Gasteiger partial charge in [0.25, 0.3) is 0 Å². The minimum absolute atomic E-state index is 0.204. The van der Waals surface area contributed by atoms with Gasteiger partial charge < -0.3 is 19.9 Å². The van der Waals surface area contributed by atoms with E-state index in [1.807, 2.05) is 4.90 Å². The molecule has 1 heterocycles. The van der Waals surface area contributed by atoms with E-state index in [1.165, 1.54) is 0 Å². The Kier molecular flexibility index (Phi) is 8.02. The van der Waals surface area contributed by atoms with E-state index < -0.39 is 0 Å². The molecule has 1 aliphatic heterocycles. The van der Waals surface area contributed by atoms with E-state index in [0.29, 0.717) is 19.1 Å². The van der Waals surface area contributed by atoms with Crippen LogP contribution in [0.2, 0.25) is 0 Å². The molecule has 19 heavy (non-hydrogen) atoms. The quantitative estimate of drug-likeness (QED) is 0.650. The molecule has 0 atom stereocenters. The fraction of sp³-hybridized carbons (Fsp3) is 0.929. The first-order valence-electron chi connectivity index (χ1n) is 7.34. The topological polar surface area (TPSA) is 44.8 Å². The summed E-state index contributed by atoms with van der Waals surface area (Å²) in [6.07, 6.45) is 1.10. The van der Waals surface area contributed by atoms with Gasteiger partial charge in [0, 0.05) is 39.3 Å². The number of ether oxygens (including phenoxy) is 1. The fourth-order valence-electron chi connectivity index (χ4n) is 1.93. The highest BCUT2D eigenvalue weighted by molar-refractivity contribution is 5.78. The lowest BCUT2D eigenvalue weighted by molar-refractivity contribution is -0.131. The maximum absolute atomic E-state index is 11.9. The molecule has 0 radical (unpaired) electrons. The lowest BCUT2D eigenvalue weighted by atomic mass is 10.1. The van der Waals surface area contributed by atoms with Gasteiger partial charge in [0.1, 0.15) is 0 Å². The number of likely N-dealkylation sites (N-methyl/N-ethyl adjacent to an activating group) is 1. The Morgan fingerprint density at radius 2 is 1.89 bits per heavy atom. The molecular weight excluding hydrogens is 242 g/mol. The average Bonchev–Trinajstić information content (AvgIpc) is 2.38. The molecule has 0 bridgehead atoms. The van der Waals surface area contributed by atoms with Crippen molar-refractivity contribution in [3.05, 3.63) is 0 Å². The van der Waals surface area contributed by atoms with Crippen LogP contribution in [0.1, 0.15) is 20.3 Å². The largest absolute Gasteiger partial charge is 0.380 e. The normalized spacial score (nSPS) is 17.2. The molecule has 0 aliphatic carbocycles. The van der Waals surface area contributed by atoms with Gasteiger partial charge in [-0.05, 0) is 19.4 Å². The minimum Gasteiger partial charge on any atom is -0.380 e. The zero-order valence-corrected chi connectivity index (χ0v) is 12.7. The van der Waals surface area contributed by atoms with E-state index in [-0.39, 0.29) is 5.91 Å². The molecular formula is C14H29N3O2. The van der Waals surface area contributed by atoms with Gasteiger partial charge in [-0.1, -0.05) is 13.8 Å². The third-order valence-electron chi connectivity index (χ3n) is 3.39. The molecule has 1 N–H and O–H groups in total. The van der Waals surface area contributed by atoms with Gasteiger partial charge in [-0.15, -0.1) is 0 Å². The minimum atomic E-state index is 0.204. The van der Waals surface area contributed by atoms with Crippen molar-refractivity contribution in [1.82, 2.24) is 15.1 Å². The van der Waals surface area contributed by atoms with Crippen LogP contribution in [0.3, 0.4) is 0 Å². The summed E-state index contributed by atoms with van der Waals surface area (Å²) < 4.78 is 5.49. The van der Waals surface area contributed by atoms with E-state index in [4.69, 9.17) is 4.74 Å². The molecule has 5 nitrogen and oxygen atoms in total. The van der Waals surface area contributed by atoms with Crippen molar-refractivity contribution in [3.63, 3.8) is 0 Å². The number of nitrogens with one attached hydrogen (secondary N) is 1. The van der Waals surface area contributed by atoms with Gasteiger partial charge >= 0.3 is 0 Å². The molecule has 0 spiro atoms. The van der Waals surface area contributed by atoms with Crippen molar-refractivity contribution in [2.24, 2.45) is 5.92 Å². The second-order valence-corrected chi connectivity index (χ2v) is 5.66. The molecule has 5 heteroatoms. The van der Waals surface area contributed by atoms with Crippen LogP contribution in [0, 0.1) is 5.92 Å². The van der Waals surface area contributed by atoms with Crippen LogP contribution in [-0.2, 0) is 9.53 Å². The maximum Gasteiger partial charge on any atom is 0.236 e. The number of rotatable bonds is 8. The average molecular weight is 271 g/mol. The van der Waals surface area contributed by atoms with Crippen LogP contribution >= 0.6 is 0 Å². The maximum atomic E-state index is 11.9. The lowest BCUT2D eigenvalue weighted by Crippen LogP contribution is -2.49. The number of carbonyl (C=O) groups excluding carboxylic acids is 1. The van der Waals surface area contributed by atoms with Gasteiger partial charge in [0.05, 0.1) is 13.2 Å². The van der Waals surface area contributed by atoms with E-state index >= 15 is 0 Å². The molecule has 0 unspecified atom stereocenters. The summed E-state index contributed by atoms with van der Waals surface area (Å²) in [5.41, 5.74) is 0. The van der Waals surface area contributed by atoms with Gasteiger partial charge in [0.2, 0.25) is 5.91 Å². The molecule has 0 aromatic rings. The molecule has 1 amide bonds. The Morgan fingerprint density at radius 3 is 2.53 bits per heavy atom. The van der Waals surface area contributed by atoms with Crippen LogP contribution in [0.25, 0.3) is 0 Å². The monoisotopic (exact) mass is 271 g/mol. The standard InChI is InChI=1S/C14H29N3O2/c1-13(2)4-10-19-11-5-15-12-14(18)17-8-6-16(3)7-9-17/h13,15H,4-12H2,1-3H3. The first-order chi connectivity index (χ1) is 9.09. The Morgan fingerprint density at radius 1 is 1.21 bits per heavy atom. The summed E-state index contributed by atoms with van der Waals surface area (Å²) in [5, 5.41) is 3.15. The van der Waals surface area contributed by atoms with Crippen LogP contribution in [0.5, 0.6) is 0 Å². The summed E-state index contributed by atoms with van der Waals surface area (Å²) in [6.45, 7) is 10.7. The van der Waals surface area contributed by atoms with Gasteiger partial charge in [-0.2, -0.15) is 0 Å². The number of piperazine rings is 1. The molecule has 1 fully saturated rings. The van der Waals surface area contributed by atoms with E-state index in [0.717, 1.165) is 45.8 Å². The SMILES string of the molecule is CC(C)CCOCCNCC(=O)N1CCN(C)CC1. The fourth-order valence-corrected chi connectivity index (χ4v) is 1.93. The number of amides is 1. The molecule has 1 rings (SSSR count). The predicted molar refractivity (Wildman–Crippen MR) is 77.2 cm³/mol. The number of hydrogen-bond donors (Lipinski definition) is 1. The summed E-state index contributed by atoms with van der Waals surface area (Å²) in [6, 6.07) is 0. The summed E-state index contributed by atoms with van der Waals surface area (Å²) in [7, 11) is 2.09. The Balaban J connectivity index is 1.95. The van der Waals surface area contributed by atoms with E-state index in [2.05, 4.69) is 31.1 Å². The number of nitrogens with zero attached hydrogens (tertiary/aromatic N) is 2. The summed E-state index contributed by atoms with van der Waals surface area (Å²) in [4.78, 5) is 16.1. The van der Waals surface area contributed by atoms with Crippen LogP contribution in [0.4, 0.5) is 0 Å². The highest BCUT2D eigenvalue weighted by atomic mass is 16.5. The van der Waals surface area contributed by atoms with E-state index in [9.17, 15) is 4.79 Å². The highest BCUT2D eigenvalue weighted by Gasteiger charge is 2.18. The van der Waals surface area contributed by atoms with Gasteiger partial charge in [-0.3, -0.25) is 4.79 Å². The molecule has 1 aliphatic rings. The third kappa shape index (κ3) is 7.50. The van der Waals surface area contributed by atoms with Crippen molar-refractivity contribution in [1.29, 1.82) is 0 Å². The predicted octanol–water partition coefficient (Wildman–Crippen LogP) is 0.413. The van der Waals surface area contributed by atoms with Crippen molar-refractivity contribution in [3.8, 4) is 0 Å². The second kappa shape index (κ2) is 9.28. The van der Waals surface area contributed by atoms with Gasteiger partial charge in [0.15, 0.2) is 0 Å². The first kappa shape index (κ1) is 16.4. The molecule has 1 saturated heterocycles. The molecule has 0 aromatic heterocycles. The van der Waals surface area contributed by atoms with Crippen LogP contribution < -0.4 is 5.32 Å². The summed E-state index contributed by atoms with van der Waals surface area (Å²) >= 11 is 0. The van der Waals surface area contributed by atoms with Crippen molar-refractivity contribution in [2.75, 3.05) is 59.5 Å². The Labute approximate surface area is 117 Å². The van der Waals surface area contributed by atoms with Crippen molar-refractivity contribution in [2.45, 2.75) is 20.3 Å². The molecule has 0 saturated carbocycles. The van der Waals surface area contributed by atoms with Gasteiger partial charge in [-0.25, -0.2) is 0 Å². The van der Waals surface area contributed by atoms with Crippen molar-refractivity contribution >= 4 is 5.91 Å². The van der Waals surface area contributed by atoms with Crippen molar-refractivity contribution < 1.29 is 9.53 Å². The van der Waals surface area contributed by atoms with Crippen LogP contribution in [0.15, 0.2) is 0 Å². The Hall–Kier alpha value is -0.650. The Bertz CT molecular complexity index is 251. The first-order valence-corrected chi connectivity index (χ1v) is 7.34. The highest BCUT2D eigenvalue weighted by Crippen LogP contribution is 1.99. The summed E-state index contributed by atoms with van der Waals surface area (Å²) in [5.74, 6) is 0.891. The smallest absolute Gasteiger partial charge is 0.236 e. The molecule has 0 aromatic carbocycles. The third-order valence-corrected chi connectivity index (χ3v) is 3.39. The second-order valence-electron chi connectivity index (χ2n) is 5.66. The number of carbonyl (C=O) groups is 1. The van der Waals surface area contributed by atoms with E-state index in [1.54, 1.807) is 0 Å².